The molecule has 1 N–H and O–H groups in total. The maximum atomic E-state index is 14.0. The molecular formula is C28H29BrN2O6. The Labute approximate surface area is 224 Å². The van der Waals surface area contributed by atoms with Gasteiger partial charge < -0.3 is 29.2 Å². The molecule has 0 radical (unpaired) electrons. The number of benzene rings is 3. The van der Waals surface area contributed by atoms with Crippen LogP contribution in [0.5, 0.6) is 23.0 Å². The molecule has 0 saturated carbocycles. The van der Waals surface area contributed by atoms with Gasteiger partial charge in [0.15, 0.2) is 23.0 Å². The Balaban J connectivity index is 1.91. The fourth-order valence-electron chi connectivity index (χ4n) is 4.72. The highest BCUT2D eigenvalue weighted by Gasteiger charge is 2.44. The van der Waals surface area contributed by atoms with Gasteiger partial charge in [-0.25, -0.2) is 0 Å². The normalized spacial score (nSPS) is 16.6. The number of fused-ring (bicyclic) bond motifs is 1. The van der Waals surface area contributed by atoms with E-state index in [1.165, 1.54) is 14.2 Å². The molecule has 2 amide bonds. The van der Waals surface area contributed by atoms with Crippen LogP contribution in [0.15, 0.2) is 53.0 Å². The number of aryl methyl sites for hydroxylation is 1. The Morgan fingerprint density at radius 3 is 2.11 bits per heavy atom. The summed E-state index contributed by atoms with van der Waals surface area (Å²) in [7, 11) is 7.81. The third-order valence-electron chi connectivity index (χ3n) is 6.59. The molecule has 0 aliphatic carbocycles. The Morgan fingerprint density at radius 1 is 0.865 bits per heavy atom. The molecule has 9 heteroatoms. The van der Waals surface area contributed by atoms with E-state index in [4.69, 9.17) is 18.9 Å². The van der Waals surface area contributed by atoms with Crippen molar-refractivity contribution in [3.63, 3.8) is 0 Å². The largest absolute Gasteiger partial charge is 0.493 e. The highest BCUT2D eigenvalue weighted by atomic mass is 79.9. The number of hydrogen-bond acceptors (Lipinski definition) is 6. The van der Waals surface area contributed by atoms with Gasteiger partial charge in [-0.05, 0) is 75.9 Å². The SMILES string of the molecule is COc1ccc([C@@H]2[C@H](C(=O)Nc3ccc(C)cc3Br)c3cc(OC)c(OC)cc3C(=O)N2C)cc1OC. The number of ether oxygens (including phenoxy) is 4. The van der Waals surface area contributed by atoms with E-state index in [0.29, 0.717) is 39.8 Å². The maximum Gasteiger partial charge on any atom is 0.254 e. The van der Waals surface area contributed by atoms with Gasteiger partial charge in [0.2, 0.25) is 5.91 Å². The number of amides is 2. The molecular weight excluding hydrogens is 540 g/mol. The van der Waals surface area contributed by atoms with Gasteiger partial charge in [0.25, 0.3) is 5.91 Å². The monoisotopic (exact) mass is 568 g/mol. The van der Waals surface area contributed by atoms with Gasteiger partial charge in [0, 0.05) is 17.1 Å². The summed E-state index contributed by atoms with van der Waals surface area (Å²) in [6.07, 6.45) is 0. The van der Waals surface area contributed by atoms with Crippen molar-refractivity contribution in [2.75, 3.05) is 40.8 Å². The number of hydrogen-bond donors (Lipinski definition) is 1. The molecule has 2 atom stereocenters. The molecule has 0 unspecified atom stereocenters. The van der Waals surface area contributed by atoms with Crippen molar-refractivity contribution >= 4 is 33.4 Å². The fraction of sp³-hybridized carbons (Fsp3) is 0.286. The zero-order chi connectivity index (χ0) is 26.9. The summed E-state index contributed by atoms with van der Waals surface area (Å²) in [5, 5.41) is 3.05. The van der Waals surface area contributed by atoms with Gasteiger partial charge in [-0.1, -0.05) is 12.1 Å². The van der Waals surface area contributed by atoms with Crippen LogP contribution in [0, 0.1) is 6.92 Å². The van der Waals surface area contributed by atoms with E-state index in [9.17, 15) is 9.59 Å². The van der Waals surface area contributed by atoms with Crippen molar-refractivity contribution in [1.82, 2.24) is 4.90 Å². The van der Waals surface area contributed by atoms with Crippen LogP contribution in [0.2, 0.25) is 0 Å². The summed E-state index contributed by atoms with van der Waals surface area (Å²) in [5.41, 5.74) is 3.32. The summed E-state index contributed by atoms with van der Waals surface area (Å²) >= 11 is 3.54. The Bertz CT molecular complexity index is 1360. The second-order valence-corrected chi connectivity index (χ2v) is 9.57. The first-order chi connectivity index (χ1) is 17.7. The lowest BCUT2D eigenvalue weighted by atomic mass is 9.79. The first-order valence-corrected chi connectivity index (χ1v) is 12.3. The zero-order valence-electron chi connectivity index (χ0n) is 21.5. The summed E-state index contributed by atoms with van der Waals surface area (Å²) < 4.78 is 22.6. The van der Waals surface area contributed by atoms with E-state index in [1.807, 2.05) is 31.2 Å². The Morgan fingerprint density at radius 2 is 1.49 bits per heavy atom. The van der Waals surface area contributed by atoms with Crippen LogP contribution in [0.25, 0.3) is 0 Å². The topological polar surface area (TPSA) is 86.3 Å². The molecule has 1 aliphatic rings. The number of rotatable bonds is 7. The molecule has 8 nitrogen and oxygen atoms in total. The average molecular weight is 569 g/mol. The van der Waals surface area contributed by atoms with Gasteiger partial charge in [-0.3, -0.25) is 9.59 Å². The van der Waals surface area contributed by atoms with Crippen molar-refractivity contribution in [2.45, 2.75) is 18.9 Å². The van der Waals surface area contributed by atoms with Gasteiger partial charge >= 0.3 is 0 Å². The molecule has 37 heavy (non-hydrogen) atoms. The van der Waals surface area contributed by atoms with Gasteiger partial charge in [0.1, 0.15) is 0 Å². The molecule has 3 aromatic carbocycles. The van der Waals surface area contributed by atoms with Crippen LogP contribution >= 0.6 is 15.9 Å². The number of carbonyl (C=O) groups excluding carboxylic acids is 2. The Hall–Kier alpha value is -3.72. The summed E-state index contributed by atoms with van der Waals surface area (Å²) in [5.74, 6) is 0.594. The van der Waals surface area contributed by atoms with Gasteiger partial charge in [-0.15, -0.1) is 0 Å². The van der Waals surface area contributed by atoms with E-state index in [-0.39, 0.29) is 11.8 Å². The first kappa shape index (κ1) is 26.3. The molecule has 0 fully saturated rings. The summed E-state index contributed by atoms with van der Waals surface area (Å²) in [6.45, 7) is 1.97. The number of methoxy groups -OCH3 is 4. The van der Waals surface area contributed by atoms with Gasteiger partial charge in [0.05, 0.1) is 46.1 Å². The molecule has 3 aromatic rings. The smallest absolute Gasteiger partial charge is 0.254 e. The molecule has 0 bridgehead atoms. The van der Waals surface area contributed by atoms with Crippen LogP contribution in [-0.2, 0) is 4.79 Å². The van der Waals surface area contributed by atoms with Crippen molar-refractivity contribution in [2.24, 2.45) is 0 Å². The lowest BCUT2D eigenvalue weighted by Gasteiger charge is -2.40. The second kappa shape index (κ2) is 10.7. The van der Waals surface area contributed by atoms with Crippen LogP contribution in [0.1, 0.15) is 39.0 Å². The lowest BCUT2D eigenvalue weighted by Crippen LogP contribution is -2.44. The van der Waals surface area contributed by atoms with Crippen LogP contribution in [-0.4, -0.2) is 52.2 Å². The van der Waals surface area contributed by atoms with E-state index >= 15 is 0 Å². The number of likely N-dealkylation sites (N-methyl/N-ethyl adjacent to an activating group) is 1. The van der Waals surface area contributed by atoms with Crippen molar-refractivity contribution in [3.05, 3.63) is 75.3 Å². The predicted molar refractivity (Wildman–Crippen MR) is 144 cm³/mol. The number of nitrogens with zero attached hydrogens (tertiary/aromatic N) is 1. The number of carbonyl (C=O) groups is 2. The highest BCUT2D eigenvalue weighted by molar-refractivity contribution is 9.10. The van der Waals surface area contributed by atoms with Crippen molar-refractivity contribution in [1.29, 1.82) is 0 Å². The minimum atomic E-state index is -0.774. The Kier molecular flexibility index (Phi) is 7.63. The minimum absolute atomic E-state index is 0.240. The summed E-state index contributed by atoms with van der Waals surface area (Å²) in [4.78, 5) is 29.2. The third-order valence-corrected chi connectivity index (χ3v) is 7.24. The number of nitrogens with one attached hydrogen (secondary N) is 1. The summed E-state index contributed by atoms with van der Waals surface area (Å²) in [6, 6.07) is 13.8. The third kappa shape index (κ3) is 4.83. The van der Waals surface area contributed by atoms with Crippen molar-refractivity contribution in [3.8, 4) is 23.0 Å². The van der Waals surface area contributed by atoms with E-state index in [0.717, 1.165) is 15.6 Å². The van der Waals surface area contributed by atoms with E-state index < -0.39 is 12.0 Å². The minimum Gasteiger partial charge on any atom is -0.493 e. The average Bonchev–Trinajstić information content (AvgIpc) is 2.90. The molecule has 0 aromatic heterocycles. The predicted octanol–water partition coefficient (Wildman–Crippen LogP) is 5.34. The van der Waals surface area contributed by atoms with Crippen molar-refractivity contribution < 1.29 is 28.5 Å². The highest BCUT2D eigenvalue weighted by Crippen LogP contribution is 2.47. The van der Waals surface area contributed by atoms with Crippen LogP contribution < -0.4 is 24.3 Å². The lowest BCUT2D eigenvalue weighted by molar-refractivity contribution is -0.119. The van der Waals surface area contributed by atoms with E-state index in [2.05, 4.69) is 21.2 Å². The maximum absolute atomic E-state index is 14.0. The number of anilines is 1. The zero-order valence-corrected chi connectivity index (χ0v) is 23.1. The molecule has 1 aliphatic heterocycles. The second-order valence-electron chi connectivity index (χ2n) is 8.72. The first-order valence-electron chi connectivity index (χ1n) is 11.6. The molecule has 194 valence electrons. The quantitative estimate of drug-likeness (QED) is 0.414. The standard InChI is InChI=1S/C28H29BrN2O6/c1-15-7-9-20(19(29)11-15)30-27(32)25-17-13-23(36-5)24(37-6)14-18(17)28(33)31(2)26(25)16-8-10-21(34-3)22(12-16)35-4/h7-14,25-26H,1-6H3,(H,30,32)/t25-,26-/m1/s1. The molecule has 0 spiro atoms. The van der Waals surface area contributed by atoms with Crippen LogP contribution in [0.4, 0.5) is 5.69 Å². The molecule has 4 rings (SSSR count). The fourth-order valence-corrected chi connectivity index (χ4v) is 5.31. The number of halogens is 1. The van der Waals surface area contributed by atoms with Crippen LogP contribution in [0.3, 0.4) is 0 Å². The molecule has 1 heterocycles. The van der Waals surface area contributed by atoms with Gasteiger partial charge in [-0.2, -0.15) is 0 Å². The van der Waals surface area contributed by atoms with E-state index in [1.54, 1.807) is 50.4 Å². The molecule has 0 saturated heterocycles.